The lowest BCUT2D eigenvalue weighted by molar-refractivity contribution is -0.139. The van der Waals surface area contributed by atoms with E-state index in [4.69, 9.17) is 14.3 Å². The molecule has 1 aromatic rings. The Morgan fingerprint density at radius 2 is 2.04 bits per heavy atom. The molecule has 0 radical (unpaired) electrons. The second-order valence-corrected chi connectivity index (χ2v) is 5.40. The van der Waals surface area contributed by atoms with Gasteiger partial charge in [-0.05, 0) is 43.4 Å². The summed E-state index contributed by atoms with van der Waals surface area (Å²) in [5.74, 6) is 0.574. The highest BCUT2D eigenvalue weighted by atomic mass is 19.4. The van der Waals surface area contributed by atoms with E-state index in [1.807, 2.05) is 0 Å². The molecule has 0 atom stereocenters. The van der Waals surface area contributed by atoms with Crippen molar-refractivity contribution in [1.82, 2.24) is 0 Å². The van der Waals surface area contributed by atoms with E-state index < -0.39 is 11.7 Å². The van der Waals surface area contributed by atoms with Gasteiger partial charge in [0, 0.05) is 6.92 Å². The Hall–Kier alpha value is -1.92. The number of alkyl halides is 3. The van der Waals surface area contributed by atoms with Gasteiger partial charge in [-0.25, -0.2) is 0 Å². The first-order valence-electron chi connectivity index (χ1n) is 7.52. The van der Waals surface area contributed by atoms with Gasteiger partial charge in [0.2, 0.25) is 5.90 Å². The fourth-order valence-electron chi connectivity index (χ4n) is 1.94. The molecule has 1 saturated carbocycles. The Labute approximate surface area is 133 Å². The molecule has 0 amide bonds. The van der Waals surface area contributed by atoms with Gasteiger partial charge in [0.05, 0.1) is 18.8 Å². The fraction of sp³-hybridized carbons (Fsp3) is 0.562. The molecule has 1 aliphatic carbocycles. The molecule has 23 heavy (non-hydrogen) atoms. The van der Waals surface area contributed by atoms with Gasteiger partial charge in [-0.15, -0.1) is 0 Å². The molecule has 0 saturated heterocycles. The number of ether oxygens (including phenoxy) is 2. The van der Waals surface area contributed by atoms with Crippen molar-refractivity contribution >= 4 is 5.90 Å². The first-order valence-corrected chi connectivity index (χ1v) is 7.52. The third kappa shape index (κ3) is 5.65. The summed E-state index contributed by atoms with van der Waals surface area (Å²) in [6.07, 6.45) is -2.44. The maximum Gasteiger partial charge on any atom is 0.419 e. The number of nitrogens with zero attached hydrogens (tertiary/aromatic N) is 1. The summed E-state index contributed by atoms with van der Waals surface area (Å²) in [6, 6.07) is 3.92. The molecular weight excluding hydrogens is 311 g/mol. The van der Waals surface area contributed by atoms with Crippen LogP contribution in [0, 0.1) is 5.92 Å². The van der Waals surface area contributed by atoms with E-state index in [-0.39, 0.29) is 12.4 Å². The SMILES string of the molecule is CCO/C(C)=N/OCc1ccc(OCC2CC2)c(C(F)(F)F)c1. The molecule has 7 heteroatoms. The molecule has 0 spiro atoms. The van der Waals surface area contributed by atoms with Crippen LogP contribution in [0.1, 0.15) is 37.8 Å². The standard InChI is InChI=1S/C16H20F3NO3/c1-3-21-11(2)20-23-10-13-6-7-15(22-9-12-4-5-12)14(8-13)16(17,18)19/h6-8,12H,3-5,9-10H2,1-2H3/b20-11+. The van der Waals surface area contributed by atoms with Crippen LogP contribution >= 0.6 is 0 Å². The molecule has 128 valence electrons. The highest BCUT2D eigenvalue weighted by Crippen LogP contribution is 2.38. The summed E-state index contributed by atoms with van der Waals surface area (Å²) < 4.78 is 49.8. The average molecular weight is 331 g/mol. The van der Waals surface area contributed by atoms with Crippen LogP contribution in [0.25, 0.3) is 0 Å². The lowest BCUT2D eigenvalue weighted by Crippen LogP contribution is -2.11. The Morgan fingerprint density at radius 1 is 1.30 bits per heavy atom. The first-order chi connectivity index (χ1) is 10.9. The van der Waals surface area contributed by atoms with Gasteiger partial charge in [-0.1, -0.05) is 11.2 Å². The van der Waals surface area contributed by atoms with Gasteiger partial charge in [-0.2, -0.15) is 13.2 Å². The lowest BCUT2D eigenvalue weighted by atomic mass is 10.1. The average Bonchev–Trinajstić information content (AvgIpc) is 3.29. The van der Waals surface area contributed by atoms with Crippen molar-refractivity contribution in [2.24, 2.45) is 11.1 Å². The van der Waals surface area contributed by atoms with Crippen LogP contribution in [-0.4, -0.2) is 19.1 Å². The second-order valence-electron chi connectivity index (χ2n) is 5.40. The van der Waals surface area contributed by atoms with Crippen LogP contribution in [0.15, 0.2) is 23.4 Å². The molecule has 0 unspecified atom stereocenters. The number of hydrogen-bond acceptors (Lipinski definition) is 4. The Balaban J connectivity index is 2.04. The lowest BCUT2D eigenvalue weighted by Gasteiger charge is -2.15. The summed E-state index contributed by atoms with van der Waals surface area (Å²) in [4.78, 5) is 5.00. The highest BCUT2D eigenvalue weighted by Gasteiger charge is 2.35. The van der Waals surface area contributed by atoms with Crippen molar-refractivity contribution in [3.8, 4) is 5.75 Å². The van der Waals surface area contributed by atoms with Crippen molar-refractivity contribution in [3.63, 3.8) is 0 Å². The quantitative estimate of drug-likeness (QED) is 0.423. The van der Waals surface area contributed by atoms with Crippen molar-refractivity contribution < 1.29 is 27.5 Å². The molecule has 1 aromatic carbocycles. The van der Waals surface area contributed by atoms with Gasteiger partial charge in [0.1, 0.15) is 12.4 Å². The molecule has 0 heterocycles. The van der Waals surface area contributed by atoms with Crippen LogP contribution in [-0.2, 0) is 22.4 Å². The fourth-order valence-corrected chi connectivity index (χ4v) is 1.94. The van der Waals surface area contributed by atoms with Crippen molar-refractivity contribution in [2.75, 3.05) is 13.2 Å². The number of hydrogen-bond donors (Lipinski definition) is 0. The van der Waals surface area contributed by atoms with Crippen LogP contribution < -0.4 is 4.74 Å². The van der Waals surface area contributed by atoms with E-state index in [9.17, 15) is 13.2 Å². The topological polar surface area (TPSA) is 40.0 Å². The van der Waals surface area contributed by atoms with Gasteiger partial charge >= 0.3 is 6.18 Å². The molecule has 0 aromatic heterocycles. The predicted molar refractivity (Wildman–Crippen MR) is 79.2 cm³/mol. The summed E-state index contributed by atoms with van der Waals surface area (Å²) in [7, 11) is 0. The largest absolute Gasteiger partial charge is 0.493 e. The monoisotopic (exact) mass is 331 g/mol. The van der Waals surface area contributed by atoms with Crippen molar-refractivity contribution in [3.05, 3.63) is 29.3 Å². The Morgan fingerprint density at radius 3 is 2.65 bits per heavy atom. The predicted octanol–water partition coefficient (Wildman–Crippen LogP) is 4.38. The molecule has 0 aliphatic heterocycles. The Kier molecular flexibility index (Phi) is 5.74. The molecule has 4 nitrogen and oxygen atoms in total. The minimum Gasteiger partial charge on any atom is -0.493 e. The van der Waals surface area contributed by atoms with E-state index in [1.54, 1.807) is 19.9 Å². The van der Waals surface area contributed by atoms with Gasteiger partial charge in [0.15, 0.2) is 0 Å². The van der Waals surface area contributed by atoms with Gasteiger partial charge in [-0.3, -0.25) is 0 Å². The zero-order chi connectivity index (χ0) is 16.9. The molecule has 0 bridgehead atoms. The minimum atomic E-state index is -4.47. The second kappa shape index (κ2) is 7.57. The molecule has 2 rings (SSSR count). The van der Waals surface area contributed by atoms with Crippen molar-refractivity contribution in [1.29, 1.82) is 0 Å². The number of benzene rings is 1. The maximum atomic E-state index is 13.2. The summed E-state index contributed by atoms with van der Waals surface area (Å²) in [6.45, 7) is 4.12. The third-order valence-corrected chi connectivity index (χ3v) is 3.30. The maximum absolute atomic E-state index is 13.2. The smallest absolute Gasteiger partial charge is 0.419 e. The molecule has 1 fully saturated rings. The number of halogens is 3. The van der Waals surface area contributed by atoms with Gasteiger partial charge < -0.3 is 14.3 Å². The van der Waals surface area contributed by atoms with Crippen LogP contribution in [0.3, 0.4) is 0 Å². The van der Waals surface area contributed by atoms with E-state index in [0.29, 0.717) is 30.6 Å². The van der Waals surface area contributed by atoms with E-state index in [0.717, 1.165) is 18.9 Å². The van der Waals surface area contributed by atoms with E-state index in [2.05, 4.69) is 5.16 Å². The zero-order valence-corrected chi connectivity index (χ0v) is 13.2. The molecular formula is C16H20F3NO3. The molecule has 1 aliphatic rings. The van der Waals surface area contributed by atoms with Crippen LogP contribution in [0.2, 0.25) is 0 Å². The number of rotatable bonds is 7. The third-order valence-electron chi connectivity index (χ3n) is 3.30. The zero-order valence-electron chi connectivity index (χ0n) is 13.2. The summed E-state index contributed by atoms with van der Waals surface area (Å²) in [5, 5.41) is 3.67. The minimum absolute atomic E-state index is 0.0730. The van der Waals surface area contributed by atoms with E-state index >= 15 is 0 Å². The Bertz CT molecular complexity index is 554. The van der Waals surface area contributed by atoms with E-state index in [1.165, 1.54) is 6.07 Å². The van der Waals surface area contributed by atoms with Crippen LogP contribution in [0.4, 0.5) is 13.2 Å². The summed E-state index contributed by atoms with van der Waals surface area (Å²) >= 11 is 0. The normalized spacial score (nSPS) is 15.4. The number of oxime groups is 1. The van der Waals surface area contributed by atoms with Crippen molar-refractivity contribution in [2.45, 2.75) is 39.5 Å². The highest BCUT2D eigenvalue weighted by molar-refractivity contribution is 5.72. The summed E-state index contributed by atoms with van der Waals surface area (Å²) in [5.41, 5.74) is -0.422. The van der Waals surface area contributed by atoms with Crippen LogP contribution in [0.5, 0.6) is 5.75 Å². The van der Waals surface area contributed by atoms with Gasteiger partial charge in [0.25, 0.3) is 0 Å². The first kappa shape index (κ1) is 17.4. The molecule has 0 N–H and O–H groups in total.